The lowest BCUT2D eigenvalue weighted by molar-refractivity contribution is -0.116. The van der Waals surface area contributed by atoms with Gasteiger partial charge in [0.1, 0.15) is 5.82 Å². The number of pyridine rings is 1. The predicted octanol–water partition coefficient (Wildman–Crippen LogP) is 1.84. The highest BCUT2D eigenvalue weighted by atomic mass is 32.2. The molecule has 1 aliphatic heterocycles. The molecule has 0 unspecified atom stereocenters. The molecule has 1 fully saturated rings. The zero-order chi connectivity index (χ0) is 20.9. The fourth-order valence-corrected chi connectivity index (χ4v) is 4.41. The molecule has 9 heteroatoms. The monoisotopic (exact) mass is 418 g/mol. The van der Waals surface area contributed by atoms with E-state index >= 15 is 0 Å². The highest BCUT2D eigenvalue weighted by Gasteiger charge is 2.17. The van der Waals surface area contributed by atoms with Gasteiger partial charge in [0.25, 0.3) is 0 Å². The van der Waals surface area contributed by atoms with Crippen LogP contribution in [0.1, 0.15) is 17.5 Å². The average Bonchev–Trinajstić information content (AvgIpc) is 2.69. The van der Waals surface area contributed by atoms with E-state index in [1.54, 1.807) is 31.3 Å². The molecule has 0 radical (unpaired) electrons. The zero-order valence-corrected chi connectivity index (χ0v) is 17.5. The van der Waals surface area contributed by atoms with Crippen molar-refractivity contribution in [3.8, 4) is 0 Å². The number of rotatable bonds is 7. The van der Waals surface area contributed by atoms with Crippen LogP contribution in [0.15, 0.2) is 41.4 Å². The molecule has 2 heterocycles. The Bertz CT molecular complexity index is 955. The fourth-order valence-electron chi connectivity index (χ4n) is 3.15. The first-order chi connectivity index (χ1) is 13.8. The van der Waals surface area contributed by atoms with Crippen LogP contribution in [0.3, 0.4) is 0 Å². The fraction of sp³-hybridized carbons (Fsp3) is 0.400. The zero-order valence-electron chi connectivity index (χ0n) is 16.6. The summed E-state index contributed by atoms with van der Waals surface area (Å²) >= 11 is 0. The third-order valence-corrected chi connectivity index (χ3v) is 6.28. The molecule has 2 N–H and O–H groups in total. The Morgan fingerprint density at radius 1 is 1.17 bits per heavy atom. The average molecular weight is 419 g/mol. The van der Waals surface area contributed by atoms with Crippen LogP contribution in [0.5, 0.6) is 0 Å². The summed E-state index contributed by atoms with van der Waals surface area (Å²) < 4.78 is 32.7. The minimum atomic E-state index is -3.66. The summed E-state index contributed by atoms with van der Waals surface area (Å²) in [6.07, 6.45) is 1.72. The standard InChI is InChI=1S/C20H26N4O4S/c1-15-3-5-18(16(2)13-15)29(26,27)22-8-7-20(25)23-19-6-4-17(14-21-19)24-9-11-28-12-10-24/h3-6,13-14,22H,7-12H2,1-2H3,(H,21,23,25). The number of nitrogens with one attached hydrogen (secondary N) is 2. The second-order valence-corrected chi connectivity index (χ2v) is 8.70. The molecule has 0 bridgehead atoms. The lowest BCUT2D eigenvalue weighted by Crippen LogP contribution is -2.36. The molecule has 0 saturated carbocycles. The first kappa shape index (κ1) is 21.2. The van der Waals surface area contributed by atoms with Gasteiger partial charge in [-0.15, -0.1) is 0 Å². The Morgan fingerprint density at radius 3 is 2.59 bits per heavy atom. The molecule has 2 aromatic rings. The molecule has 1 aromatic carbocycles. The molecule has 3 rings (SSSR count). The van der Waals surface area contributed by atoms with E-state index in [-0.39, 0.29) is 23.8 Å². The third kappa shape index (κ3) is 5.75. The maximum atomic E-state index is 12.4. The van der Waals surface area contributed by atoms with Gasteiger partial charge >= 0.3 is 0 Å². The summed E-state index contributed by atoms with van der Waals surface area (Å²) in [6, 6.07) is 8.78. The molecule has 1 aliphatic rings. The van der Waals surface area contributed by atoms with Gasteiger partial charge in [0, 0.05) is 26.1 Å². The van der Waals surface area contributed by atoms with Crippen molar-refractivity contribution >= 4 is 27.4 Å². The molecule has 1 aromatic heterocycles. The van der Waals surface area contributed by atoms with Crippen LogP contribution in [0.25, 0.3) is 0 Å². The number of aromatic nitrogens is 1. The number of sulfonamides is 1. The smallest absolute Gasteiger partial charge is 0.240 e. The van der Waals surface area contributed by atoms with Crippen molar-refractivity contribution < 1.29 is 17.9 Å². The second kappa shape index (κ2) is 9.34. The third-order valence-electron chi connectivity index (χ3n) is 4.66. The number of hydrogen-bond donors (Lipinski definition) is 2. The first-order valence-corrected chi connectivity index (χ1v) is 11.0. The minimum absolute atomic E-state index is 0.00729. The van der Waals surface area contributed by atoms with Crippen LogP contribution in [-0.4, -0.2) is 52.2 Å². The number of carbonyl (C=O) groups excluding carboxylic acids is 1. The normalized spacial score (nSPS) is 14.6. The van der Waals surface area contributed by atoms with Crippen molar-refractivity contribution in [1.29, 1.82) is 0 Å². The van der Waals surface area contributed by atoms with Crippen LogP contribution in [0.4, 0.5) is 11.5 Å². The molecule has 29 heavy (non-hydrogen) atoms. The molecule has 156 valence electrons. The summed E-state index contributed by atoms with van der Waals surface area (Å²) in [4.78, 5) is 18.8. The number of ether oxygens (including phenoxy) is 1. The van der Waals surface area contributed by atoms with Crippen LogP contribution < -0.4 is 14.9 Å². The molecule has 0 aliphatic carbocycles. The predicted molar refractivity (Wildman–Crippen MR) is 112 cm³/mol. The van der Waals surface area contributed by atoms with Gasteiger partial charge in [0.05, 0.1) is 30.0 Å². The SMILES string of the molecule is Cc1ccc(S(=O)(=O)NCCC(=O)Nc2ccc(N3CCOCC3)cn2)c(C)c1. The topological polar surface area (TPSA) is 101 Å². The van der Waals surface area contributed by atoms with Gasteiger partial charge in [0.15, 0.2) is 0 Å². The van der Waals surface area contributed by atoms with Gasteiger partial charge in [-0.05, 0) is 37.6 Å². The minimum Gasteiger partial charge on any atom is -0.378 e. The number of hydrogen-bond acceptors (Lipinski definition) is 6. The van der Waals surface area contributed by atoms with Crippen molar-refractivity contribution in [2.24, 2.45) is 0 Å². The lowest BCUT2D eigenvalue weighted by atomic mass is 10.2. The number of aryl methyl sites for hydroxylation is 2. The van der Waals surface area contributed by atoms with Gasteiger partial charge in [-0.1, -0.05) is 17.7 Å². The van der Waals surface area contributed by atoms with E-state index in [2.05, 4.69) is 19.9 Å². The van der Waals surface area contributed by atoms with Crippen LogP contribution >= 0.6 is 0 Å². The Kier molecular flexibility index (Phi) is 6.83. The van der Waals surface area contributed by atoms with E-state index < -0.39 is 10.0 Å². The van der Waals surface area contributed by atoms with E-state index in [9.17, 15) is 13.2 Å². The number of carbonyl (C=O) groups is 1. The van der Waals surface area contributed by atoms with Gasteiger partial charge in [-0.2, -0.15) is 0 Å². The van der Waals surface area contributed by atoms with Crippen LogP contribution in [0, 0.1) is 13.8 Å². The molecule has 0 spiro atoms. The van der Waals surface area contributed by atoms with Crippen molar-refractivity contribution in [2.75, 3.05) is 43.1 Å². The number of benzene rings is 1. The highest BCUT2D eigenvalue weighted by molar-refractivity contribution is 7.89. The van der Waals surface area contributed by atoms with E-state index in [1.807, 2.05) is 19.1 Å². The van der Waals surface area contributed by atoms with Gasteiger partial charge < -0.3 is 15.0 Å². The number of nitrogens with zero attached hydrogens (tertiary/aromatic N) is 2. The summed E-state index contributed by atoms with van der Waals surface area (Å²) in [6.45, 7) is 6.67. The maximum Gasteiger partial charge on any atom is 0.240 e. The number of amides is 1. The Morgan fingerprint density at radius 2 is 1.93 bits per heavy atom. The maximum absolute atomic E-state index is 12.4. The van der Waals surface area contributed by atoms with E-state index in [0.29, 0.717) is 24.6 Å². The first-order valence-electron chi connectivity index (χ1n) is 9.51. The molecule has 1 amide bonds. The summed E-state index contributed by atoms with van der Waals surface area (Å²) in [5.74, 6) is 0.129. The summed E-state index contributed by atoms with van der Waals surface area (Å²) in [5, 5.41) is 2.69. The second-order valence-electron chi connectivity index (χ2n) is 6.97. The van der Waals surface area contributed by atoms with Crippen LogP contribution in [-0.2, 0) is 19.6 Å². The number of morpholine rings is 1. The van der Waals surface area contributed by atoms with Crippen molar-refractivity contribution in [1.82, 2.24) is 9.71 Å². The molecular weight excluding hydrogens is 392 g/mol. The summed E-state index contributed by atoms with van der Waals surface area (Å²) in [7, 11) is -3.66. The molecular formula is C20H26N4O4S. The lowest BCUT2D eigenvalue weighted by Gasteiger charge is -2.28. The van der Waals surface area contributed by atoms with Crippen molar-refractivity contribution in [3.05, 3.63) is 47.7 Å². The van der Waals surface area contributed by atoms with E-state index in [4.69, 9.17) is 4.74 Å². The Balaban J connectivity index is 1.49. The largest absolute Gasteiger partial charge is 0.378 e. The van der Waals surface area contributed by atoms with Crippen molar-refractivity contribution in [2.45, 2.75) is 25.2 Å². The summed E-state index contributed by atoms with van der Waals surface area (Å²) in [5.41, 5.74) is 2.65. The van der Waals surface area contributed by atoms with Gasteiger partial charge in [-0.25, -0.2) is 18.1 Å². The molecule has 0 atom stereocenters. The number of anilines is 2. The molecule has 1 saturated heterocycles. The van der Waals surface area contributed by atoms with Crippen molar-refractivity contribution in [3.63, 3.8) is 0 Å². The van der Waals surface area contributed by atoms with E-state index in [1.165, 1.54) is 0 Å². The molecule has 8 nitrogen and oxygen atoms in total. The van der Waals surface area contributed by atoms with Gasteiger partial charge in [0.2, 0.25) is 15.9 Å². The quantitative estimate of drug-likeness (QED) is 0.712. The van der Waals surface area contributed by atoms with Crippen LogP contribution in [0.2, 0.25) is 0 Å². The Hall–Kier alpha value is -2.49. The van der Waals surface area contributed by atoms with Gasteiger partial charge in [-0.3, -0.25) is 4.79 Å². The Labute approximate surface area is 171 Å². The highest BCUT2D eigenvalue weighted by Crippen LogP contribution is 2.17. The van der Waals surface area contributed by atoms with E-state index in [0.717, 1.165) is 24.3 Å².